The van der Waals surface area contributed by atoms with E-state index in [1.54, 1.807) is 6.07 Å². The Kier molecular flexibility index (Phi) is 3.01. The highest BCUT2D eigenvalue weighted by molar-refractivity contribution is 5.93. The molecule has 82 valence electrons. The van der Waals surface area contributed by atoms with Crippen LogP contribution in [0.1, 0.15) is 25.0 Å². The molecule has 1 amide bonds. The van der Waals surface area contributed by atoms with Crippen molar-refractivity contribution in [2.24, 2.45) is 0 Å². The zero-order valence-electron chi connectivity index (χ0n) is 8.75. The number of carbonyl (C=O) groups excluding carboxylic acids is 1. The van der Waals surface area contributed by atoms with Gasteiger partial charge < -0.3 is 9.84 Å². The fourth-order valence-electron chi connectivity index (χ4n) is 1.71. The summed E-state index contributed by atoms with van der Waals surface area (Å²) in [5.41, 5.74) is 0.766. The zero-order chi connectivity index (χ0) is 10.7. The summed E-state index contributed by atoms with van der Waals surface area (Å²) in [7, 11) is 0. The largest absolute Gasteiger partial charge is 0.338 e. The molecule has 1 aliphatic heterocycles. The van der Waals surface area contributed by atoms with Crippen LogP contribution in [-0.2, 0) is 4.79 Å². The van der Waals surface area contributed by atoms with Gasteiger partial charge in [-0.3, -0.25) is 10.1 Å². The minimum Gasteiger partial charge on any atom is -0.338 e. The van der Waals surface area contributed by atoms with Crippen molar-refractivity contribution in [3.05, 3.63) is 11.8 Å². The topological polar surface area (TPSA) is 67.2 Å². The molecule has 1 saturated heterocycles. The molecule has 1 aromatic heterocycles. The second-order valence-corrected chi connectivity index (χ2v) is 3.82. The molecule has 5 heteroatoms. The first-order chi connectivity index (χ1) is 7.25. The van der Waals surface area contributed by atoms with E-state index < -0.39 is 0 Å². The number of aryl methyl sites for hydroxylation is 1. The minimum absolute atomic E-state index is 0.0362. The Morgan fingerprint density at radius 2 is 2.53 bits per heavy atom. The van der Waals surface area contributed by atoms with E-state index >= 15 is 0 Å². The fraction of sp³-hybridized carbons (Fsp3) is 0.600. The summed E-state index contributed by atoms with van der Waals surface area (Å²) in [4.78, 5) is 11.7. The first-order valence-corrected chi connectivity index (χ1v) is 5.23. The maximum absolute atomic E-state index is 11.7. The highest BCUT2D eigenvalue weighted by Gasteiger charge is 2.21. The molecule has 0 bridgehead atoms. The maximum Gasteiger partial charge on any atom is 0.243 e. The van der Waals surface area contributed by atoms with Crippen LogP contribution in [-0.4, -0.2) is 23.7 Å². The fourth-order valence-corrected chi connectivity index (χ4v) is 1.71. The molecule has 0 aromatic carbocycles. The van der Waals surface area contributed by atoms with Gasteiger partial charge in [-0.05, 0) is 26.3 Å². The van der Waals surface area contributed by atoms with Crippen molar-refractivity contribution in [3.8, 4) is 0 Å². The van der Waals surface area contributed by atoms with Gasteiger partial charge >= 0.3 is 0 Å². The minimum atomic E-state index is -0.0934. The van der Waals surface area contributed by atoms with Crippen LogP contribution < -0.4 is 10.6 Å². The van der Waals surface area contributed by atoms with Crippen molar-refractivity contribution < 1.29 is 9.32 Å². The summed E-state index contributed by atoms with van der Waals surface area (Å²) in [5, 5.41) is 9.58. The normalized spacial score (nSPS) is 21.3. The van der Waals surface area contributed by atoms with Gasteiger partial charge in [-0.1, -0.05) is 11.6 Å². The van der Waals surface area contributed by atoms with Crippen LogP contribution in [0, 0.1) is 6.92 Å². The van der Waals surface area contributed by atoms with Crippen molar-refractivity contribution in [3.63, 3.8) is 0 Å². The molecule has 0 saturated carbocycles. The van der Waals surface area contributed by atoms with Crippen molar-refractivity contribution in [1.82, 2.24) is 10.5 Å². The highest BCUT2D eigenvalue weighted by Crippen LogP contribution is 2.12. The molecule has 15 heavy (non-hydrogen) atoms. The molecule has 2 N–H and O–H groups in total. The number of anilines is 1. The number of nitrogens with one attached hydrogen (secondary N) is 2. The molecule has 1 fully saturated rings. The second kappa shape index (κ2) is 4.44. The summed E-state index contributed by atoms with van der Waals surface area (Å²) in [6.45, 7) is 2.73. The lowest BCUT2D eigenvalue weighted by atomic mass is 10.0. The van der Waals surface area contributed by atoms with E-state index in [4.69, 9.17) is 4.52 Å². The summed E-state index contributed by atoms with van der Waals surface area (Å²) in [6, 6.07) is 1.62. The molecule has 1 aliphatic rings. The summed E-state index contributed by atoms with van der Waals surface area (Å²) in [6.07, 6.45) is 3.13. The maximum atomic E-state index is 11.7. The quantitative estimate of drug-likeness (QED) is 0.764. The van der Waals surface area contributed by atoms with Crippen LogP contribution in [0.3, 0.4) is 0 Å². The summed E-state index contributed by atoms with van der Waals surface area (Å²) < 4.78 is 4.92. The van der Waals surface area contributed by atoms with Crippen LogP contribution in [0.15, 0.2) is 10.6 Å². The molecule has 0 spiro atoms. The van der Waals surface area contributed by atoms with Crippen LogP contribution in [0.2, 0.25) is 0 Å². The Hall–Kier alpha value is -1.36. The first-order valence-electron chi connectivity index (χ1n) is 5.23. The van der Waals surface area contributed by atoms with Gasteiger partial charge in [0.05, 0.1) is 11.7 Å². The lowest BCUT2D eigenvalue weighted by Crippen LogP contribution is -2.43. The third-order valence-corrected chi connectivity index (χ3v) is 2.50. The van der Waals surface area contributed by atoms with Crippen LogP contribution >= 0.6 is 0 Å². The number of rotatable bonds is 2. The molecule has 0 aliphatic carbocycles. The molecule has 2 rings (SSSR count). The van der Waals surface area contributed by atoms with E-state index in [0.717, 1.165) is 31.5 Å². The van der Waals surface area contributed by atoms with Crippen molar-refractivity contribution in [2.45, 2.75) is 32.2 Å². The Labute approximate surface area is 88.2 Å². The van der Waals surface area contributed by atoms with Crippen molar-refractivity contribution in [1.29, 1.82) is 0 Å². The van der Waals surface area contributed by atoms with Gasteiger partial charge in [-0.15, -0.1) is 0 Å². The number of aromatic nitrogens is 1. The highest BCUT2D eigenvalue weighted by atomic mass is 16.5. The van der Waals surface area contributed by atoms with Gasteiger partial charge in [0.15, 0.2) is 0 Å². The molecule has 2 heterocycles. The SMILES string of the molecule is Cc1cc(NC(=O)[C@H]2CCCCN2)on1. The molecule has 0 radical (unpaired) electrons. The van der Waals surface area contributed by atoms with E-state index in [9.17, 15) is 4.79 Å². The van der Waals surface area contributed by atoms with Gasteiger partial charge in [-0.2, -0.15) is 0 Å². The average molecular weight is 209 g/mol. The predicted octanol–water partition coefficient (Wildman–Crippen LogP) is 1.06. The summed E-state index contributed by atoms with van der Waals surface area (Å²) in [5.74, 6) is 0.385. The third-order valence-electron chi connectivity index (χ3n) is 2.50. The van der Waals surface area contributed by atoms with Gasteiger partial charge in [0, 0.05) is 6.07 Å². The molecule has 5 nitrogen and oxygen atoms in total. The van der Waals surface area contributed by atoms with Crippen LogP contribution in [0.25, 0.3) is 0 Å². The number of amides is 1. The van der Waals surface area contributed by atoms with E-state index in [1.165, 1.54) is 0 Å². The Morgan fingerprint density at radius 1 is 1.67 bits per heavy atom. The van der Waals surface area contributed by atoms with E-state index in [0.29, 0.717) is 5.88 Å². The molecular formula is C10H15N3O2. The van der Waals surface area contributed by atoms with E-state index in [2.05, 4.69) is 15.8 Å². The molecule has 0 unspecified atom stereocenters. The molecule has 1 atom stereocenters. The first kappa shape index (κ1) is 10.2. The number of carbonyl (C=O) groups is 1. The van der Waals surface area contributed by atoms with E-state index in [-0.39, 0.29) is 11.9 Å². The average Bonchev–Trinajstić information content (AvgIpc) is 2.65. The Morgan fingerprint density at radius 3 is 3.13 bits per heavy atom. The molecular weight excluding hydrogens is 194 g/mol. The smallest absolute Gasteiger partial charge is 0.243 e. The van der Waals surface area contributed by atoms with Gasteiger partial charge in [-0.25, -0.2) is 0 Å². The number of hydrogen-bond acceptors (Lipinski definition) is 4. The zero-order valence-corrected chi connectivity index (χ0v) is 8.75. The van der Waals surface area contributed by atoms with Crippen molar-refractivity contribution in [2.75, 3.05) is 11.9 Å². The lowest BCUT2D eigenvalue weighted by Gasteiger charge is -2.21. The standard InChI is InChI=1S/C10H15N3O2/c1-7-6-9(15-13-7)12-10(14)8-4-2-3-5-11-8/h6,8,11H,2-5H2,1H3,(H,12,14)/t8-/m1/s1. The van der Waals surface area contributed by atoms with E-state index in [1.807, 2.05) is 6.92 Å². The predicted molar refractivity (Wildman–Crippen MR) is 55.5 cm³/mol. The second-order valence-electron chi connectivity index (χ2n) is 3.82. The number of hydrogen-bond donors (Lipinski definition) is 2. The van der Waals surface area contributed by atoms with Crippen LogP contribution in [0.5, 0.6) is 0 Å². The molecule has 1 aromatic rings. The van der Waals surface area contributed by atoms with Crippen molar-refractivity contribution >= 4 is 11.8 Å². The Bertz CT molecular complexity index is 342. The van der Waals surface area contributed by atoms with Gasteiger partial charge in [0.2, 0.25) is 11.8 Å². The Balaban J connectivity index is 1.91. The summed E-state index contributed by atoms with van der Waals surface area (Å²) >= 11 is 0. The number of nitrogens with zero attached hydrogens (tertiary/aromatic N) is 1. The lowest BCUT2D eigenvalue weighted by molar-refractivity contribution is -0.118. The van der Waals surface area contributed by atoms with Gasteiger partial charge in [0.1, 0.15) is 0 Å². The monoisotopic (exact) mass is 209 g/mol. The number of piperidine rings is 1. The van der Waals surface area contributed by atoms with Crippen LogP contribution in [0.4, 0.5) is 5.88 Å². The third kappa shape index (κ3) is 2.56. The van der Waals surface area contributed by atoms with Gasteiger partial charge in [0.25, 0.3) is 0 Å².